The summed E-state index contributed by atoms with van der Waals surface area (Å²) in [4.78, 5) is 23.0. The smallest absolute Gasteiger partial charge is 0.457 e. The van der Waals surface area contributed by atoms with Crippen molar-refractivity contribution < 1.29 is 37.3 Å². The van der Waals surface area contributed by atoms with Gasteiger partial charge in [-0.05, 0) is 83.5 Å². The molecule has 0 aromatic rings. The highest BCUT2D eigenvalue weighted by atomic mass is 31.2. The highest BCUT2D eigenvalue weighted by molar-refractivity contribution is 7.47. The molecule has 0 radical (unpaired) electrons. The van der Waals surface area contributed by atoms with E-state index >= 15 is 0 Å². The third kappa shape index (κ3) is 50.8. The maximum atomic E-state index is 12.8. The molecule has 0 saturated carbocycles. The van der Waals surface area contributed by atoms with Gasteiger partial charge in [-0.3, -0.25) is 13.8 Å². The molecule has 366 valence electrons. The van der Waals surface area contributed by atoms with E-state index in [4.69, 9.17) is 18.5 Å². The lowest BCUT2D eigenvalue weighted by molar-refractivity contribution is -0.870. The van der Waals surface area contributed by atoms with Gasteiger partial charge in [-0.2, -0.15) is 0 Å². The zero-order chi connectivity index (χ0) is 46.2. The Hall–Kier alpha value is -2.06. The Labute approximate surface area is 389 Å². The maximum Gasteiger partial charge on any atom is 0.472 e. The maximum absolute atomic E-state index is 12.8. The second kappa shape index (κ2) is 46.5. The fraction of sp³-hybridized carbons (Fsp3) is 0.759. The van der Waals surface area contributed by atoms with Crippen LogP contribution in [0.2, 0.25) is 0 Å². The van der Waals surface area contributed by atoms with Crippen molar-refractivity contribution in [2.45, 2.75) is 213 Å². The molecule has 0 bridgehead atoms. The van der Waals surface area contributed by atoms with Gasteiger partial charge in [0.15, 0.2) is 0 Å². The Balaban J connectivity index is 4.16. The zero-order valence-corrected chi connectivity index (χ0v) is 42.4. The molecule has 1 N–H and O–H groups in total. The Bertz CT molecular complexity index is 1230. The van der Waals surface area contributed by atoms with E-state index in [1.54, 1.807) is 0 Å². The molecule has 0 heterocycles. The molecular formula is C54H99NO7P+. The summed E-state index contributed by atoms with van der Waals surface area (Å²) >= 11 is 0. The van der Waals surface area contributed by atoms with Crippen LogP contribution in [0.15, 0.2) is 72.9 Å². The molecule has 0 spiro atoms. The minimum atomic E-state index is -4.29. The number of rotatable bonds is 47. The number of esters is 1. The van der Waals surface area contributed by atoms with Gasteiger partial charge in [-0.25, -0.2) is 4.57 Å². The first kappa shape index (κ1) is 60.9. The van der Waals surface area contributed by atoms with Crippen molar-refractivity contribution in [1.82, 2.24) is 0 Å². The van der Waals surface area contributed by atoms with Gasteiger partial charge in [0.25, 0.3) is 0 Å². The largest absolute Gasteiger partial charge is 0.472 e. The molecule has 8 nitrogen and oxygen atoms in total. The van der Waals surface area contributed by atoms with Crippen molar-refractivity contribution in [2.75, 3.05) is 54.1 Å². The van der Waals surface area contributed by atoms with Crippen LogP contribution in [0.25, 0.3) is 0 Å². The highest BCUT2D eigenvalue weighted by Gasteiger charge is 2.26. The molecule has 0 aliphatic heterocycles. The number of ether oxygens (including phenoxy) is 2. The monoisotopic (exact) mass is 905 g/mol. The van der Waals surface area contributed by atoms with Crippen LogP contribution >= 0.6 is 7.82 Å². The predicted octanol–water partition coefficient (Wildman–Crippen LogP) is 15.8. The summed E-state index contributed by atoms with van der Waals surface area (Å²) in [6.07, 6.45) is 60.8. The number of hydrogen-bond acceptors (Lipinski definition) is 6. The number of likely N-dealkylation sites (N-methyl/N-ethyl adjacent to an activating group) is 1. The molecule has 0 aromatic carbocycles. The number of hydrogen-bond donors (Lipinski definition) is 1. The number of quaternary nitrogens is 1. The number of nitrogens with zero attached hydrogens (tertiary/aromatic N) is 1. The van der Waals surface area contributed by atoms with Crippen LogP contribution in [0.1, 0.15) is 206 Å². The molecule has 0 fully saturated rings. The number of unbranched alkanes of at least 4 members (excludes halogenated alkanes) is 21. The summed E-state index contributed by atoms with van der Waals surface area (Å²) in [5.41, 5.74) is 0. The molecule has 0 saturated heterocycles. The van der Waals surface area contributed by atoms with Crippen molar-refractivity contribution in [1.29, 1.82) is 0 Å². The van der Waals surface area contributed by atoms with Gasteiger partial charge < -0.3 is 18.9 Å². The van der Waals surface area contributed by atoms with Crippen LogP contribution in [0, 0.1) is 0 Å². The summed E-state index contributed by atoms with van der Waals surface area (Å²) in [5, 5.41) is 0. The van der Waals surface area contributed by atoms with Gasteiger partial charge in [-0.1, -0.05) is 189 Å². The highest BCUT2D eigenvalue weighted by Crippen LogP contribution is 2.43. The van der Waals surface area contributed by atoms with Gasteiger partial charge in [0.2, 0.25) is 0 Å². The standard InChI is InChI=1S/C54H98NO7P/c1-6-8-10-12-14-16-18-20-22-24-26-27-28-29-30-31-33-35-37-39-41-43-45-47-54(56)62-53(52-61-63(57,58)60-50-48-55(3,4)5)51-59-49-46-44-42-40-38-36-34-32-25-23-21-19-17-15-13-11-9-7-2/h8,10,14-17,20-23,26-27,53H,6-7,9,11-13,18-19,24-25,28-52H2,1-5H3/p+1/b10-8-,16-14-,17-15-,22-20-,23-21-,27-26-. The molecule has 0 rings (SSSR count). The second-order valence-electron chi connectivity index (χ2n) is 18.2. The number of carbonyl (C=O) groups excluding carboxylic acids is 1. The summed E-state index contributed by atoms with van der Waals surface area (Å²) in [7, 11) is 1.65. The Morgan fingerprint density at radius 1 is 0.508 bits per heavy atom. The van der Waals surface area contributed by atoms with Crippen LogP contribution < -0.4 is 0 Å². The van der Waals surface area contributed by atoms with Crippen LogP contribution in [-0.2, 0) is 27.9 Å². The first-order valence-corrected chi connectivity index (χ1v) is 27.2. The zero-order valence-electron chi connectivity index (χ0n) is 41.5. The van der Waals surface area contributed by atoms with E-state index in [9.17, 15) is 14.3 Å². The van der Waals surface area contributed by atoms with Gasteiger partial charge >= 0.3 is 13.8 Å². The lowest BCUT2D eigenvalue weighted by Crippen LogP contribution is -2.37. The number of carbonyl (C=O) groups is 1. The van der Waals surface area contributed by atoms with Gasteiger partial charge in [-0.15, -0.1) is 0 Å². The average Bonchev–Trinajstić information content (AvgIpc) is 3.24. The molecular weight excluding hydrogens is 806 g/mol. The van der Waals surface area contributed by atoms with E-state index in [0.717, 1.165) is 64.2 Å². The third-order valence-electron chi connectivity index (χ3n) is 10.8. The minimum absolute atomic E-state index is 0.0835. The second-order valence-corrected chi connectivity index (χ2v) is 19.6. The van der Waals surface area contributed by atoms with E-state index in [1.165, 1.54) is 122 Å². The average molecular weight is 905 g/mol. The minimum Gasteiger partial charge on any atom is -0.457 e. The SMILES string of the molecule is CC/C=C\C/C=C\C/C=C\C/C=C\CCCCCCCCCCCCC(=O)OC(COCCCCCCCCCC/C=C\C/C=C\CCCCC)COP(=O)(O)OCC[N+](C)(C)C. The normalized spacial score (nSPS) is 14.2. The molecule has 0 amide bonds. The van der Waals surface area contributed by atoms with Crippen molar-refractivity contribution in [3.05, 3.63) is 72.9 Å². The Morgan fingerprint density at radius 3 is 1.38 bits per heavy atom. The fourth-order valence-electron chi connectivity index (χ4n) is 6.81. The molecule has 9 heteroatoms. The van der Waals surface area contributed by atoms with Crippen LogP contribution in [0.5, 0.6) is 0 Å². The Morgan fingerprint density at radius 2 is 0.921 bits per heavy atom. The van der Waals surface area contributed by atoms with E-state index in [0.29, 0.717) is 24.1 Å². The van der Waals surface area contributed by atoms with Crippen molar-refractivity contribution in [3.63, 3.8) is 0 Å². The molecule has 0 aliphatic carbocycles. The van der Waals surface area contributed by atoms with Gasteiger partial charge in [0.05, 0.1) is 34.4 Å². The molecule has 0 aliphatic rings. The summed E-state index contributed by atoms with van der Waals surface area (Å²) in [6.45, 7) is 5.47. The van der Waals surface area contributed by atoms with Crippen LogP contribution in [-0.4, -0.2) is 75.6 Å². The quantitative estimate of drug-likeness (QED) is 0.0214. The van der Waals surface area contributed by atoms with Crippen molar-refractivity contribution in [3.8, 4) is 0 Å². The lowest BCUT2D eigenvalue weighted by Gasteiger charge is -2.24. The van der Waals surface area contributed by atoms with E-state index in [2.05, 4.69) is 86.8 Å². The summed E-state index contributed by atoms with van der Waals surface area (Å²) in [5.74, 6) is -0.322. The van der Waals surface area contributed by atoms with E-state index in [1.807, 2.05) is 21.1 Å². The molecule has 2 unspecified atom stereocenters. The Kier molecular flexibility index (Phi) is 44.9. The third-order valence-corrected chi connectivity index (χ3v) is 11.7. The summed E-state index contributed by atoms with van der Waals surface area (Å²) < 4.78 is 35.2. The first-order chi connectivity index (χ1) is 30.6. The number of phosphoric ester groups is 1. The van der Waals surface area contributed by atoms with E-state index in [-0.39, 0.29) is 25.8 Å². The first-order valence-electron chi connectivity index (χ1n) is 25.7. The van der Waals surface area contributed by atoms with Crippen molar-refractivity contribution in [2.24, 2.45) is 0 Å². The molecule has 0 aromatic heterocycles. The predicted molar refractivity (Wildman–Crippen MR) is 270 cm³/mol. The summed E-state index contributed by atoms with van der Waals surface area (Å²) in [6, 6.07) is 0. The van der Waals surface area contributed by atoms with Crippen molar-refractivity contribution >= 4 is 13.8 Å². The van der Waals surface area contributed by atoms with Crippen LogP contribution in [0.4, 0.5) is 0 Å². The topological polar surface area (TPSA) is 91.3 Å². The molecule has 2 atom stereocenters. The fourth-order valence-corrected chi connectivity index (χ4v) is 7.55. The number of phosphoric acid groups is 1. The van der Waals surface area contributed by atoms with E-state index < -0.39 is 13.9 Å². The number of allylic oxidation sites excluding steroid dienone is 12. The van der Waals surface area contributed by atoms with Gasteiger partial charge in [0, 0.05) is 13.0 Å². The lowest BCUT2D eigenvalue weighted by atomic mass is 10.0. The molecule has 63 heavy (non-hydrogen) atoms. The van der Waals surface area contributed by atoms with Crippen LogP contribution in [0.3, 0.4) is 0 Å². The van der Waals surface area contributed by atoms with Gasteiger partial charge in [0.1, 0.15) is 19.3 Å².